The number of aromatic amines is 1. The van der Waals surface area contributed by atoms with Crippen LogP contribution in [0.1, 0.15) is 24.5 Å². The van der Waals surface area contributed by atoms with Crippen molar-refractivity contribution in [2.45, 2.75) is 18.8 Å². The molecule has 0 spiro atoms. The van der Waals surface area contributed by atoms with Gasteiger partial charge in [0.25, 0.3) is 0 Å². The summed E-state index contributed by atoms with van der Waals surface area (Å²) >= 11 is 3.60. The van der Waals surface area contributed by atoms with Gasteiger partial charge in [0.1, 0.15) is 5.82 Å². The van der Waals surface area contributed by atoms with Crippen molar-refractivity contribution in [3.8, 4) is 0 Å². The van der Waals surface area contributed by atoms with Crippen molar-refractivity contribution in [2.24, 2.45) is 0 Å². The number of rotatable bonds is 1. The topological polar surface area (TPSA) is 27.8 Å². The minimum atomic E-state index is -0.189. The quantitative estimate of drug-likeness (QED) is 0.828. The summed E-state index contributed by atoms with van der Waals surface area (Å²) in [7, 11) is 0. The van der Waals surface area contributed by atoms with E-state index in [9.17, 15) is 4.39 Å². The maximum atomic E-state index is 13.2. The zero-order chi connectivity index (χ0) is 11.8. The Hall–Kier alpha value is -0.870. The molecule has 1 unspecified atom stereocenters. The van der Waals surface area contributed by atoms with Crippen LogP contribution in [0.4, 0.5) is 4.39 Å². The number of H-pyrrole nitrogens is 1. The molecule has 1 aliphatic heterocycles. The van der Waals surface area contributed by atoms with Crippen molar-refractivity contribution in [3.05, 3.63) is 34.2 Å². The van der Waals surface area contributed by atoms with Gasteiger partial charge in [0, 0.05) is 33.5 Å². The van der Waals surface area contributed by atoms with Crippen molar-refractivity contribution in [3.63, 3.8) is 0 Å². The Morgan fingerprint density at radius 2 is 2.24 bits per heavy atom. The second-order valence-electron chi connectivity index (χ2n) is 4.59. The summed E-state index contributed by atoms with van der Waals surface area (Å²) in [5.41, 5.74) is 2.19. The molecule has 2 nitrogen and oxygen atoms in total. The molecular formula is C13H14BrFN2. The van der Waals surface area contributed by atoms with E-state index in [2.05, 4.69) is 26.2 Å². The molecule has 1 atom stereocenters. The number of aromatic nitrogens is 1. The number of halogens is 2. The molecule has 1 aromatic carbocycles. The number of hydrogen-bond acceptors (Lipinski definition) is 1. The predicted molar refractivity (Wildman–Crippen MR) is 70.8 cm³/mol. The fraction of sp³-hybridized carbons (Fsp3) is 0.385. The van der Waals surface area contributed by atoms with Crippen LogP contribution >= 0.6 is 15.9 Å². The molecule has 0 bridgehead atoms. The minimum Gasteiger partial charge on any atom is -0.357 e. The first-order valence-corrected chi connectivity index (χ1v) is 6.72. The van der Waals surface area contributed by atoms with E-state index in [1.54, 1.807) is 12.1 Å². The lowest BCUT2D eigenvalue weighted by atomic mass is 9.96. The van der Waals surface area contributed by atoms with E-state index < -0.39 is 0 Å². The first-order valence-electron chi connectivity index (χ1n) is 5.93. The molecule has 1 aliphatic rings. The van der Waals surface area contributed by atoms with E-state index >= 15 is 0 Å². The lowest BCUT2D eigenvalue weighted by Crippen LogP contribution is -2.28. The Bertz CT molecular complexity index is 544. The van der Waals surface area contributed by atoms with Crippen LogP contribution < -0.4 is 5.32 Å². The van der Waals surface area contributed by atoms with Gasteiger partial charge in [0.05, 0.1) is 0 Å². The Kier molecular flexibility index (Phi) is 2.92. The summed E-state index contributed by atoms with van der Waals surface area (Å²) in [6, 6.07) is 4.87. The molecular weight excluding hydrogens is 283 g/mol. The molecule has 90 valence electrons. The van der Waals surface area contributed by atoms with Gasteiger partial charge >= 0.3 is 0 Å². The Morgan fingerprint density at radius 3 is 3.00 bits per heavy atom. The van der Waals surface area contributed by atoms with Crippen LogP contribution in [-0.4, -0.2) is 18.1 Å². The summed E-state index contributed by atoms with van der Waals surface area (Å²) < 4.78 is 14.2. The van der Waals surface area contributed by atoms with E-state index in [1.807, 2.05) is 0 Å². The number of nitrogens with one attached hydrogen (secondary N) is 2. The Balaban J connectivity index is 2.07. The van der Waals surface area contributed by atoms with Gasteiger partial charge in [0.15, 0.2) is 0 Å². The summed E-state index contributed by atoms with van der Waals surface area (Å²) in [5.74, 6) is 0.305. The van der Waals surface area contributed by atoms with E-state index in [1.165, 1.54) is 24.6 Å². The van der Waals surface area contributed by atoms with Gasteiger partial charge in [-0.15, -0.1) is 0 Å². The molecule has 3 rings (SSSR count). The standard InChI is InChI=1S/C13H14BrFN2/c14-12-10-6-9(15)3-4-11(10)17-13(12)8-2-1-5-16-7-8/h3-4,6,8,16-17H,1-2,5,7H2. The van der Waals surface area contributed by atoms with Crippen LogP contribution in [0.5, 0.6) is 0 Å². The number of fused-ring (bicyclic) bond motifs is 1. The molecule has 2 N–H and O–H groups in total. The van der Waals surface area contributed by atoms with E-state index in [0.717, 1.165) is 28.5 Å². The highest BCUT2D eigenvalue weighted by Gasteiger charge is 2.20. The average Bonchev–Trinajstić information content (AvgIpc) is 2.68. The van der Waals surface area contributed by atoms with Crippen LogP contribution in [0, 0.1) is 5.82 Å². The first kappa shape index (κ1) is 11.2. The van der Waals surface area contributed by atoms with Crippen LogP contribution in [0.2, 0.25) is 0 Å². The fourth-order valence-corrected chi connectivity index (χ4v) is 3.28. The van der Waals surface area contributed by atoms with Crippen molar-refractivity contribution in [1.82, 2.24) is 10.3 Å². The highest BCUT2D eigenvalue weighted by atomic mass is 79.9. The van der Waals surface area contributed by atoms with Crippen LogP contribution in [0.15, 0.2) is 22.7 Å². The van der Waals surface area contributed by atoms with Gasteiger partial charge in [-0.2, -0.15) is 0 Å². The third kappa shape index (κ3) is 2.00. The molecule has 1 saturated heterocycles. The lowest BCUT2D eigenvalue weighted by Gasteiger charge is -2.22. The van der Waals surface area contributed by atoms with Gasteiger partial charge in [-0.1, -0.05) is 0 Å². The zero-order valence-corrected chi connectivity index (χ0v) is 11.0. The summed E-state index contributed by atoms with van der Waals surface area (Å²) in [4.78, 5) is 3.41. The molecule has 1 fully saturated rings. The van der Waals surface area contributed by atoms with E-state index in [4.69, 9.17) is 0 Å². The highest BCUT2D eigenvalue weighted by Crippen LogP contribution is 2.35. The van der Waals surface area contributed by atoms with E-state index in [-0.39, 0.29) is 5.82 Å². The first-order chi connectivity index (χ1) is 8.25. The molecule has 0 aliphatic carbocycles. The molecule has 0 saturated carbocycles. The number of hydrogen-bond donors (Lipinski definition) is 2. The summed E-state index contributed by atoms with van der Waals surface area (Å²) in [6.07, 6.45) is 2.38. The van der Waals surface area contributed by atoms with Crippen molar-refractivity contribution >= 4 is 26.8 Å². The second kappa shape index (κ2) is 4.42. The monoisotopic (exact) mass is 296 g/mol. The van der Waals surface area contributed by atoms with Crippen molar-refractivity contribution < 1.29 is 4.39 Å². The van der Waals surface area contributed by atoms with Crippen molar-refractivity contribution in [2.75, 3.05) is 13.1 Å². The Morgan fingerprint density at radius 1 is 1.35 bits per heavy atom. The second-order valence-corrected chi connectivity index (χ2v) is 5.38. The molecule has 4 heteroatoms. The average molecular weight is 297 g/mol. The predicted octanol–water partition coefficient (Wildman–Crippen LogP) is 3.54. The molecule has 0 radical (unpaired) electrons. The van der Waals surface area contributed by atoms with Crippen LogP contribution in [0.25, 0.3) is 10.9 Å². The Labute approximate surface area is 108 Å². The number of benzene rings is 1. The summed E-state index contributed by atoms with van der Waals surface area (Å²) in [5, 5.41) is 4.34. The molecule has 0 amide bonds. The lowest BCUT2D eigenvalue weighted by molar-refractivity contribution is 0.455. The minimum absolute atomic E-state index is 0.189. The molecule has 17 heavy (non-hydrogen) atoms. The highest BCUT2D eigenvalue weighted by molar-refractivity contribution is 9.10. The van der Waals surface area contributed by atoms with Crippen LogP contribution in [-0.2, 0) is 0 Å². The van der Waals surface area contributed by atoms with E-state index in [0.29, 0.717) is 5.92 Å². The van der Waals surface area contributed by atoms with Gasteiger partial charge in [-0.3, -0.25) is 0 Å². The van der Waals surface area contributed by atoms with Crippen LogP contribution in [0.3, 0.4) is 0 Å². The maximum absolute atomic E-state index is 13.2. The third-order valence-corrected chi connectivity index (χ3v) is 4.28. The largest absolute Gasteiger partial charge is 0.357 e. The number of piperidine rings is 1. The van der Waals surface area contributed by atoms with Gasteiger partial charge < -0.3 is 10.3 Å². The normalized spacial score (nSPS) is 20.9. The van der Waals surface area contributed by atoms with Crippen molar-refractivity contribution in [1.29, 1.82) is 0 Å². The zero-order valence-electron chi connectivity index (χ0n) is 9.39. The maximum Gasteiger partial charge on any atom is 0.123 e. The third-order valence-electron chi connectivity index (χ3n) is 3.43. The summed E-state index contributed by atoms with van der Waals surface area (Å²) in [6.45, 7) is 2.09. The SMILES string of the molecule is Fc1ccc2[nH]c(C3CCCNC3)c(Br)c2c1. The van der Waals surface area contributed by atoms with Gasteiger partial charge in [-0.25, -0.2) is 4.39 Å². The van der Waals surface area contributed by atoms with Gasteiger partial charge in [-0.05, 0) is 53.5 Å². The molecule has 2 heterocycles. The fourth-order valence-electron chi connectivity index (χ4n) is 2.53. The molecule has 2 aromatic rings. The molecule has 1 aromatic heterocycles. The smallest absolute Gasteiger partial charge is 0.123 e. The van der Waals surface area contributed by atoms with Gasteiger partial charge in [0.2, 0.25) is 0 Å².